The molecule has 0 saturated carbocycles. The Balaban J connectivity index is 1.68. The van der Waals surface area contributed by atoms with E-state index in [0.717, 1.165) is 6.61 Å². The van der Waals surface area contributed by atoms with Crippen LogP contribution in [0.3, 0.4) is 0 Å². The Bertz CT molecular complexity index is 81.8. The van der Waals surface area contributed by atoms with Gasteiger partial charge in [0.15, 0.2) is 0 Å². The van der Waals surface area contributed by atoms with Crippen LogP contribution < -0.4 is 0 Å². The molecule has 1 atom stereocenters. The van der Waals surface area contributed by atoms with Crippen LogP contribution in [0.5, 0.6) is 0 Å². The summed E-state index contributed by atoms with van der Waals surface area (Å²) >= 11 is 0. The Morgan fingerprint density at radius 1 is 1.50 bits per heavy atom. The van der Waals surface area contributed by atoms with E-state index in [1.807, 2.05) is 0 Å². The Labute approximate surface area is 59.7 Å². The van der Waals surface area contributed by atoms with Crippen molar-refractivity contribution < 1.29 is 19.3 Å². The van der Waals surface area contributed by atoms with Crippen LogP contribution in [0.2, 0.25) is 0 Å². The third kappa shape index (κ3) is 3.79. The molecule has 0 bridgehead atoms. The summed E-state index contributed by atoms with van der Waals surface area (Å²) in [6.07, 6.45) is 0.290. The normalized spacial score (nSPS) is 23.1. The van der Waals surface area contributed by atoms with Crippen molar-refractivity contribution in [3.63, 3.8) is 0 Å². The molecule has 0 aromatic heterocycles. The van der Waals surface area contributed by atoms with Gasteiger partial charge in [-0.1, -0.05) is 0 Å². The highest BCUT2D eigenvalue weighted by Crippen LogP contribution is 2.07. The first-order valence-electron chi connectivity index (χ1n) is 3.31. The third-order valence-electron chi connectivity index (χ3n) is 1.11. The van der Waals surface area contributed by atoms with Crippen LogP contribution in [0.15, 0.2) is 0 Å². The van der Waals surface area contributed by atoms with E-state index in [2.05, 4.69) is 0 Å². The molecule has 1 saturated heterocycles. The quantitative estimate of drug-likeness (QED) is 0.309. The number of aliphatic hydroxyl groups is 1. The molecule has 1 unspecified atom stereocenters. The minimum Gasteiger partial charge on any atom is -0.394 e. The highest BCUT2D eigenvalue weighted by Gasteiger charge is 2.21. The molecule has 1 fully saturated rings. The first-order chi connectivity index (χ1) is 4.93. The Hall–Kier alpha value is -0.160. The molecule has 0 aromatic carbocycles. The van der Waals surface area contributed by atoms with Crippen LogP contribution in [0.4, 0.5) is 0 Å². The molecule has 0 aromatic rings. The summed E-state index contributed by atoms with van der Waals surface area (Å²) in [7, 11) is 0. The van der Waals surface area contributed by atoms with Crippen LogP contribution >= 0.6 is 0 Å². The molecular formula is C6H12O4. The molecule has 0 aliphatic carbocycles. The smallest absolute Gasteiger partial charge is 0.146 e. The van der Waals surface area contributed by atoms with E-state index in [1.54, 1.807) is 0 Å². The van der Waals surface area contributed by atoms with Gasteiger partial charge in [0.05, 0.1) is 26.4 Å². The molecule has 1 heterocycles. The van der Waals surface area contributed by atoms with Gasteiger partial charge >= 0.3 is 0 Å². The Kier molecular flexibility index (Phi) is 3.67. The van der Waals surface area contributed by atoms with E-state index in [4.69, 9.17) is 19.3 Å². The van der Waals surface area contributed by atoms with E-state index in [9.17, 15) is 0 Å². The van der Waals surface area contributed by atoms with Crippen LogP contribution in [0.1, 0.15) is 0 Å². The zero-order chi connectivity index (χ0) is 7.23. The second-order valence-corrected chi connectivity index (χ2v) is 2.08. The zero-order valence-electron chi connectivity index (χ0n) is 5.78. The van der Waals surface area contributed by atoms with Crippen molar-refractivity contribution in [1.82, 2.24) is 0 Å². The molecule has 1 aliphatic heterocycles. The molecule has 1 N–H and O–H groups in total. The number of epoxide rings is 1. The lowest BCUT2D eigenvalue weighted by molar-refractivity contribution is -0.0655. The van der Waals surface area contributed by atoms with Crippen molar-refractivity contribution >= 4 is 0 Å². The molecule has 1 rings (SSSR count). The van der Waals surface area contributed by atoms with Crippen molar-refractivity contribution in [1.29, 1.82) is 0 Å². The largest absolute Gasteiger partial charge is 0.394 e. The number of aliphatic hydroxyl groups excluding tert-OH is 1. The first kappa shape index (κ1) is 7.94. The highest BCUT2D eigenvalue weighted by molar-refractivity contribution is 4.66. The lowest BCUT2D eigenvalue weighted by Crippen LogP contribution is -2.07. The topological polar surface area (TPSA) is 51.2 Å². The number of rotatable bonds is 6. The summed E-state index contributed by atoms with van der Waals surface area (Å²) in [5.41, 5.74) is 0. The number of hydrogen-bond donors (Lipinski definition) is 1. The summed E-state index contributed by atoms with van der Waals surface area (Å²) in [5, 5.41) is 8.28. The number of hydrogen-bond acceptors (Lipinski definition) is 4. The van der Waals surface area contributed by atoms with Crippen molar-refractivity contribution in [2.24, 2.45) is 0 Å². The first-order valence-corrected chi connectivity index (χ1v) is 3.31. The van der Waals surface area contributed by atoms with Gasteiger partial charge in [0.25, 0.3) is 0 Å². The van der Waals surface area contributed by atoms with Crippen LogP contribution in [0, 0.1) is 0 Å². The summed E-state index contributed by atoms with van der Waals surface area (Å²) in [5.74, 6) is 0. The van der Waals surface area contributed by atoms with Gasteiger partial charge in [0, 0.05) is 0 Å². The SMILES string of the molecule is OCCOCOCC1CO1. The molecule has 4 nitrogen and oxygen atoms in total. The molecule has 0 radical (unpaired) electrons. The molecule has 0 spiro atoms. The third-order valence-corrected chi connectivity index (χ3v) is 1.11. The lowest BCUT2D eigenvalue weighted by atomic mass is 10.5. The predicted octanol–water partition coefficient (Wildman–Crippen LogP) is -0.632. The van der Waals surface area contributed by atoms with Gasteiger partial charge < -0.3 is 19.3 Å². The molecule has 60 valence electrons. The van der Waals surface area contributed by atoms with Gasteiger partial charge in [-0.2, -0.15) is 0 Å². The van der Waals surface area contributed by atoms with E-state index >= 15 is 0 Å². The summed E-state index contributed by atoms with van der Waals surface area (Å²) in [4.78, 5) is 0. The summed E-state index contributed by atoms with van der Waals surface area (Å²) in [6, 6.07) is 0. The monoisotopic (exact) mass is 148 g/mol. The second-order valence-electron chi connectivity index (χ2n) is 2.08. The van der Waals surface area contributed by atoms with Gasteiger partial charge in [-0.3, -0.25) is 0 Å². The van der Waals surface area contributed by atoms with Crippen LogP contribution in [-0.4, -0.2) is 44.4 Å². The highest BCUT2D eigenvalue weighted by atomic mass is 16.7. The summed E-state index contributed by atoms with van der Waals surface area (Å²) < 4.78 is 14.7. The fourth-order valence-electron chi connectivity index (χ4n) is 0.526. The van der Waals surface area contributed by atoms with E-state index in [1.165, 1.54) is 0 Å². The van der Waals surface area contributed by atoms with Gasteiger partial charge in [0.1, 0.15) is 12.9 Å². The Morgan fingerprint density at radius 3 is 2.90 bits per heavy atom. The fourth-order valence-corrected chi connectivity index (χ4v) is 0.526. The molecular weight excluding hydrogens is 136 g/mol. The van der Waals surface area contributed by atoms with Crippen molar-refractivity contribution in [2.45, 2.75) is 6.10 Å². The second kappa shape index (κ2) is 4.62. The minimum atomic E-state index is 0.0449. The van der Waals surface area contributed by atoms with Crippen molar-refractivity contribution in [3.8, 4) is 0 Å². The molecule has 10 heavy (non-hydrogen) atoms. The van der Waals surface area contributed by atoms with Gasteiger partial charge in [-0.15, -0.1) is 0 Å². The standard InChI is InChI=1S/C6H12O4/c7-1-2-8-5-9-3-6-4-10-6/h6-7H,1-5H2. The van der Waals surface area contributed by atoms with Gasteiger partial charge in [0.2, 0.25) is 0 Å². The maximum Gasteiger partial charge on any atom is 0.146 e. The van der Waals surface area contributed by atoms with Crippen LogP contribution in [-0.2, 0) is 14.2 Å². The number of ether oxygens (including phenoxy) is 3. The maximum absolute atomic E-state index is 8.28. The van der Waals surface area contributed by atoms with Crippen LogP contribution in [0.25, 0.3) is 0 Å². The van der Waals surface area contributed by atoms with E-state index in [-0.39, 0.29) is 19.5 Å². The Morgan fingerprint density at radius 2 is 2.30 bits per heavy atom. The van der Waals surface area contributed by atoms with Gasteiger partial charge in [-0.25, -0.2) is 0 Å². The molecule has 0 amide bonds. The fraction of sp³-hybridized carbons (Fsp3) is 1.00. The van der Waals surface area contributed by atoms with Crippen molar-refractivity contribution in [2.75, 3.05) is 33.2 Å². The average Bonchev–Trinajstić information content (AvgIpc) is 2.71. The van der Waals surface area contributed by atoms with Gasteiger partial charge in [-0.05, 0) is 0 Å². The van der Waals surface area contributed by atoms with Crippen molar-refractivity contribution in [3.05, 3.63) is 0 Å². The molecule has 4 heteroatoms. The minimum absolute atomic E-state index is 0.0449. The zero-order valence-corrected chi connectivity index (χ0v) is 5.78. The molecule has 1 aliphatic rings. The summed E-state index contributed by atoms with van der Waals surface area (Å²) in [6.45, 7) is 2.04. The average molecular weight is 148 g/mol. The lowest BCUT2D eigenvalue weighted by Gasteiger charge is -2.01. The maximum atomic E-state index is 8.28. The predicted molar refractivity (Wildman–Crippen MR) is 33.6 cm³/mol. The van der Waals surface area contributed by atoms with E-state index < -0.39 is 0 Å². The van der Waals surface area contributed by atoms with E-state index in [0.29, 0.717) is 13.2 Å².